The van der Waals surface area contributed by atoms with Crippen molar-refractivity contribution in [2.24, 2.45) is 5.92 Å². The smallest absolute Gasteiger partial charge is 0.160 e. The molecule has 88 valence electrons. The van der Waals surface area contributed by atoms with Gasteiger partial charge in [0.1, 0.15) is 0 Å². The Morgan fingerprint density at radius 3 is 2.81 bits per heavy atom. The number of hydrogen-bond donors (Lipinski definition) is 3. The van der Waals surface area contributed by atoms with Gasteiger partial charge in [-0.3, -0.25) is 0 Å². The Labute approximate surface area is 105 Å². The van der Waals surface area contributed by atoms with Crippen LogP contribution < -0.4 is 5.32 Å². The van der Waals surface area contributed by atoms with Crippen LogP contribution in [0, 0.1) is 5.92 Å². The Hall–Kier alpha value is -0.740. The predicted octanol–water partition coefficient (Wildman–Crippen LogP) is 1.92. The molecular weight excluding hydrogens is 270 g/mol. The van der Waals surface area contributed by atoms with Crippen LogP contribution in [0.1, 0.15) is 23.5 Å². The Kier molecular flexibility index (Phi) is 3.13. The van der Waals surface area contributed by atoms with Gasteiger partial charge >= 0.3 is 0 Å². The van der Waals surface area contributed by atoms with Gasteiger partial charge in [-0.1, -0.05) is 6.07 Å². The van der Waals surface area contributed by atoms with Crippen molar-refractivity contribution in [1.29, 1.82) is 0 Å². The summed E-state index contributed by atoms with van der Waals surface area (Å²) in [4.78, 5) is 0. The molecule has 0 saturated carbocycles. The van der Waals surface area contributed by atoms with Gasteiger partial charge in [0.2, 0.25) is 0 Å². The second kappa shape index (κ2) is 4.26. The zero-order chi connectivity index (χ0) is 10.4. The molecule has 1 aromatic carbocycles. The van der Waals surface area contributed by atoms with Crippen LogP contribution >= 0.6 is 17.0 Å². The molecule has 0 spiro atoms. The summed E-state index contributed by atoms with van der Waals surface area (Å²) in [7, 11) is 0. The number of aromatic hydroxyl groups is 2. The van der Waals surface area contributed by atoms with Gasteiger partial charge < -0.3 is 15.5 Å². The predicted molar refractivity (Wildman–Crippen MR) is 67.5 cm³/mol. The molecule has 2 aliphatic rings. The molecule has 16 heavy (non-hydrogen) atoms. The molecule has 2 unspecified atom stereocenters. The summed E-state index contributed by atoms with van der Waals surface area (Å²) in [6, 6.07) is 3.57. The largest absolute Gasteiger partial charge is 0.504 e. The minimum absolute atomic E-state index is 0. The topological polar surface area (TPSA) is 52.5 Å². The fourth-order valence-corrected chi connectivity index (χ4v) is 2.98. The first-order valence-electron chi connectivity index (χ1n) is 5.52. The number of nitrogens with one attached hydrogen (secondary N) is 1. The Morgan fingerprint density at radius 2 is 2.00 bits per heavy atom. The molecule has 1 aliphatic carbocycles. The summed E-state index contributed by atoms with van der Waals surface area (Å²) >= 11 is 0. The molecule has 1 heterocycles. The van der Waals surface area contributed by atoms with Gasteiger partial charge in [0.15, 0.2) is 11.5 Å². The van der Waals surface area contributed by atoms with Crippen molar-refractivity contribution in [3.05, 3.63) is 23.3 Å². The Bertz CT molecular complexity index is 408. The highest BCUT2D eigenvalue weighted by Crippen LogP contribution is 2.44. The molecule has 0 aromatic heterocycles. The van der Waals surface area contributed by atoms with Crippen molar-refractivity contribution in [3.8, 4) is 11.5 Å². The minimum Gasteiger partial charge on any atom is -0.504 e. The lowest BCUT2D eigenvalue weighted by molar-refractivity contribution is 0.384. The highest BCUT2D eigenvalue weighted by atomic mass is 79.9. The highest BCUT2D eigenvalue weighted by molar-refractivity contribution is 8.93. The number of hydrogen-bond acceptors (Lipinski definition) is 3. The molecule has 3 nitrogen and oxygen atoms in total. The van der Waals surface area contributed by atoms with Gasteiger partial charge in [0.05, 0.1) is 0 Å². The van der Waals surface area contributed by atoms with E-state index in [1.165, 1.54) is 5.56 Å². The molecule has 1 aromatic rings. The van der Waals surface area contributed by atoms with E-state index in [1.807, 2.05) is 6.07 Å². The van der Waals surface area contributed by atoms with Crippen LogP contribution in [0.2, 0.25) is 0 Å². The summed E-state index contributed by atoms with van der Waals surface area (Å²) in [6.45, 7) is 2.09. The lowest BCUT2D eigenvalue weighted by Gasteiger charge is -2.28. The van der Waals surface area contributed by atoms with Crippen LogP contribution in [0.5, 0.6) is 11.5 Å². The maximum absolute atomic E-state index is 9.79. The number of rotatable bonds is 0. The molecule has 3 rings (SSSR count). The number of fused-ring (bicyclic) bond motifs is 3. The van der Waals surface area contributed by atoms with E-state index in [1.54, 1.807) is 6.07 Å². The standard InChI is InChI=1S/C12H15NO2.BrH/c14-11-4-3-8-9(12(11)15)2-1-7-5-13-6-10(7)8;/h3-4,7,10,13-15H,1-2,5-6H2;1H. The van der Waals surface area contributed by atoms with E-state index in [0.717, 1.165) is 31.5 Å². The minimum atomic E-state index is 0. The molecule has 0 bridgehead atoms. The number of phenolic OH excluding ortho intramolecular Hbond substituents is 2. The zero-order valence-electron chi connectivity index (χ0n) is 8.94. The Morgan fingerprint density at radius 1 is 1.19 bits per heavy atom. The van der Waals surface area contributed by atoms with E-state index in [4.69, 9.17) is 0 Å². The number of halogens is 1. The second-order valence-electron chi connectivity index (χ2n) is 4.56. The zero-order valence-corrected chi connectivity index (χ0v) is 10.7. The van der Waals surface area contributed by atoms with E-state index in [9.17, 15) is 10.2 Å². The molecule has 1 fully saturated rings. The fraction of sp³-hybridized carbons (Fsp3) is 0.500. The van der Waals surface area contributed by atoms with Crippen molar-refractivity contribution < 1.29 is 10.2 Å². The first kappa shape index (κ1) is 11.7. The molecule has 3 N–H and O–H groups in total. The molecule has 0 radical (unpaired) electrons. The third-order valence-electron chi connectivity index (χ3n) is 3.80. The van der Waals surface area contributed by atoms with Gasteiger partial charge in [-0.15, -0.1) is 17.0 Å². The third-order valence-corrected chi connectivity index (χ3v) is 3.80. The van der Waals surface area contributed by atoms with Gasteiger partial charge in [-0.2, -0.15) is 0 Å². The van der Waals surface area contributed by atoms with Crippen molar-refractivity contribution in [2.45, 2.75) is 18.8 Å². The van der Waals surface area contributed by atoms with E-state index in [-0.39, 0.29) is 28.5 Å². The van der Waals surface area contributed by atoms with E-state index in [0.29, 0.717) is 11.8 Å². The fourth-order valence-electron chi connectivity index (χ4n) is 2.98. The van der Waals surface area contributed by atoms with E-state index in [2.05, 4.69) is 5.32 Å². The molecule has 0 amide bonds. The lowest BCUT2D eigenvalue weighted by Crippen LogP contribution is -2.18. The molecule has 1 aliphatic heterocycles. The second-order valence-corrected chi connectivity index (χ2v) is 4.56. The maximum Gasteiger partial charge on any atom is 0.160 e. The van der Waals surface area contributed by atoms with Crippen molar-refractivity contribution in [3.63, 3.8) is 0 Å². The highest BCUT2D eigenvalue weighted by Gasteiger charge is 2.34. The molecule has 2 atom stereocenters. The number of benzene rings is 1. The number of phenols is 2. The summed E-state index contributed by atoms with van der Waals surface area (Å²) in [5.41, 5.74) is 2.19. The van der Waals surface area contributed by atoms with Gasteiger partial charge in [-0.05, 0) is 36.9 Å². The van der Waals surface area contributed by atoms with Crippen LogP contribution in [0.15, 0.2) is 12.1 Å². The third kappa shape index (κ3) is 1.60. The van der Waals surface area contributed by atoms with Crippen molar-refractivity contribution in [2.75, 3.05) is 13.1 Å². The summed E-state index contributed by atoms with van der Waals surface area (Å²) in [5.74, 6) is 1.35. The average Bonchev–Trinajstić information content (AvgIpc) is 2.71. The normalized spacial score (nSPS) is 26.8. The Balaban J connectivity index is 0.000000963. The maximum atomic E-state index is 9.79. The van der Waals surface area contributed by atoms with Crippen molar-refractivity contribution in [1.82, 2.24) is 5.32 Å². The SMILES string of the molecule is Br.Oc1ccc2c(c1O)CCC1CNCC21. The van der Waals surface area contributed by atoms with E-state index < -0.39 is 0 Å². The molecule has 1 saturated heterocycles. The van der Waals surface area contributed by atoms with Gasteiger partial charge in [0.25, 0.3) is 0 Å². The van der Waals surface area contributed by atoms with Gasteiger partial charge in [0, 0.05) is 18.0 Å². The first-order chi connectivity index (χ1) is 7.27. The van der Waals surface area contributed by atoms with Crippen LogP contribution in [-0.4, -0.2) is 23.3 Å². The van der Waals surface area contributed by atoms with Gasteiger partial charge in [-0.25, -0.2) is 0 Å². The summed E-state index contributed by atoms with van der Waals surface area (Å²) < 4.78 is 0. The molecular formula is C12H16BrNO2. The monoisotopic (exact) mass is 285 g/mol. The average molecular weight is 286 g/mol. The summed E-state index contributed by atoms with van der Waals surface area (Å²) in [6.07, 6.45) is 2.00. The summed E-state index contributed by atoms with van der Waals surface area (Å²) in [5, 5.41) is 22.6. The van der Waals surface area contributed by atoms with Crippen LogP contribution in [0.3, 0.4) is 0 Å². The van der Waals surface area contributed by atoms with Crippen molar-refractivity contribution >= 4 is 17.0 Å². The first-order valence-corrected chi connectivity index (χ1v) is 5.52. The lowest BCUT2D eigenvalue weighted by atomic mass is 9.77. The van der Waals surface area contributed by atoms with Crippen LogP contribution in [0.25, 0.3) is 0 Å². The van der Waals surface area contributed by atoms with E-state index >= 15 is 0 Å². The molecule has 4 heteroatoms. The van der Waals surface area contributed by atoms with Crippen LogP contribution in [0.4, 0.5) is 0 Å². The quantitative estimate of drug-likeness (QED) is 0.639. The van der Waals surface area contributed by atoms with Crippen LogP contribution in [-0.2, 0) is 6.42 Å².